The van der Waals surface area contributed by atoms with Crippen molar-refractivity contribution in [3.8, 4) is 0 Å². The molecule has 2 N–H and O–H groups in total. The van der Waals surface area contributed by atoms with Crippen molar-refractivity contribution < 1.29 is 22.7 Å². The van der Waals surface area contributed by atoms with E-state index in [4.69, 9.17) is 16.3 Å². The zero-order chi connectivity index (χ0) is 21.2. The molecule has 1 unspecified atom stereocenters. The van der Waals surface area contributed by atoms with E-state index in [1.165, 1.54) is 22.5 Å². The van der Waals surface area contributed by atoms with Crippen molar-refractivity contribution in [2.45, 2.75) is 37.2 Å². The standard InChI is InChI=1S/C18H25ClN4O5S/c1-12(2)23-11-13(9-17(23)24)20-18(25)21-16-10-14(3-4-15(16)19)29(26,27)22-5-7-28-8-6-22/h3-4,10,12-13H,5-9,11H2,1-2H3,(H2,20,21,25). The lowest BCUT2D eigenvalue weighted by Gasteiger charge is -2.26. The van der Waals surface area contributed by atoms with Crippen LogP contribution in [0.15, 0.2) is 23.1 Å². The summed E-state index contributed by atoms with van der Waals surface area (Å²) in [7, 11) is -3.71. The molecule has 9 nitrogen and oxygen atoms in total. The number of amides is 3. The van der Waals surface area contributed by atoms with Crippen molar-refractivity contribution >= 4 is 39.2 Å². The summed E-state index contributed by atoms with van der Waals surface area (Å²) >= 11 is 6.15. The fourth-order valence-electron chi connectivity index (χ4n) is 3.37. The molecular formula is C18H25ClN4O5S. The van der Waals surface area contributed by atoms with Gasteiger partial charge in [-0.3, -0.25) is 4.79 Å². The number of anilines is 1. The number of ether oxygens (including phenoxy) is 1. The molecule has 0 aliphatic carbocycles. The number of hydrogen-bond acceptors (Lipinski definition) is 5. The van der Waals surface area contributed by atoms with Gasteiger partial charge < -0.3 is 20.3 Å². The third-order valence-electron chi connectivity index (χ3n) is 4.91. The number of rotatable bonds is 5. The number of carbonyl (C=O) groups excluding carboxylic acids is 2. The number of nitrogens with zero attached hydrogens (tertiary/aromatic N) is 2. The monoisotopic (exact) mass is 444 g/mol. The summed E-state index contributed by atoms with van der Waals surface area (Å²) in [5.74, 6) is -0.0121. The molecule has 0 saturated carbocycles. The SMILES string of the molecule is CC(C)N1CC(NC(=O)Nc2cc(S(=O)(=O)N3CCOCC3)ccc2Cl)CC1=O. The van der Waals surface area contributed by atoms with Crippen LogP contribution < -0.4 is 10.6 Å². The smallest absolute Gasteiger partial charge is 0.319 e. The molecule has 1 aromatic carbocycles. The normalized spacial score (nSPS) is 20.9. The summed E-state index contributed by atoms with van der Waals surface area (Å²) in [6, 6.07) is 3.39. The van der Waals surface area contributed by atoms with E-state index >= 15 is 0 Å². The Morgan fingerprint density at radius 3 is 2.59 bits per heavy atom. The van der Waals surface area contributed by atoms with Gasteiger partial charge in [0.05, 0.1) is 34.9 Å². The third kappa shape index (κ3) is 5.00. The van der Waals surface area contributed by atoms with Gasteiger partial charge in [0.2, 0.25) is 15.9 Å². The molecule has 1 atom stereocenters. The van der Waals surface area contributed by atoms with Crippen molar-refractivity contribution in [2.75, 3.05) is 38.2 Å². The Morgan fingerprint density at radius 1 is 1.28 bits per heavy atom. The first-order valence-corrected chi connectivity index (χ1v) is 11.2. The topological polar surface area (TPSA) is 108 Å². The Kier molecular flexibility index (Phi) is 6.67. The van der Waals surface area contributed by atoms with Crippen LogP contribution >= 0.6 is 11.6 Å². The van der Waals surface area contributed by atoms with E-state index in [9.17, 15) is 18.0 Å². The van der Waals surface area contributed by atoms with Crippen LogP contribution in [0.5, 0.6) is 0 Å². The molecule has 2 aliphatic rings. The molecule has 2 fully saturated rings. The highest BCUT2D eigenvalue weighted by Crippen LogP contribution is 2.27. The second-order valence-electron chi connectivity index (χ2n) is 7.30. The molecule has 160 valence electrons. The van der Waals surface area contributed by atoms with Crippen molar-refractivity contribution in [1.29, 1.82) is 0 Å². The highest BCUT2D eigenvalue weighted by molar-refractivity contribution is 7.89. The van der Waals surface area contributed by atoms with Gasteiger partial charge in [0.25, 0.3) is 0 Å². The lowest BCUT2D eigenvalue weighted by molar-refractivity contribution is -0.129. The zero-order valence-electron chi connectivity index (χ0n) is 16.4. The van der Waals surface area contributed by atoms with Crippen molar-refractivity contribution in [3.63, 3.8) is 0 Å². The van der Waals surface area contributed by atoms with E-state index in [0.29, 0.717) is 19.8 Å². The van der Waals surface area contributed by atoms with Crippen LogP contribution in [0.2, 0.25) is 5.02 Å². The maximum absolute atomic E-state index is 12.8. The van der Waals surface area contributed by atoms with Gasteiger partial charge in [-0.15, -0.1) is 0 Å². The minimum absolute atomic E-state index is 0.0121. The lowest BCUT2D eigenvalue weighted by Crippen LogP contribution is -2.41. The predicted molar refractivity (Wildman–Crippen MR) is 108 cm³/mol. The highest BCUT2D eigenvalue weighted by Gasteiger charge is 2.32. The summed E-state index contributed by atoms with van der Waals surface area (Å²) in [6.07, 6.45) is 0.227. The van der Waals surface area contributed by atoms with Crippen molar-refractivity contribution in [3.05, 3.63) is 23.2 Å². The summed E-state index contributed by atoms with van der Waals surface area (Å²) < 4.78 is 32.2. The second kappa shape index (κ2) is 8.86. The molecule has 3 amide bonds. The van der Waals surface area contributed by atoms with Gasteiger partial charge in [-0.2, -0.15) is 4.31 Å². The number of benzene rings is 1. The minimum Gasteiger partial charge on any atom is -0.379 e. The molecule has 0 radical (unpaired) electrons. The average molecular weight is 445 g/mol. The quantitative estimate of drug-likeness (QED) is 0.715. The molecule has 11 heteroatoms. The molecular weight excluding hydrogens is 420 g/mol. The van der Waals surface area contributed by atoms with Crippen LogP contribution in [0.1, 0.15) is 20.3 Å². The fourth-order valence-corrected chi connectivity index (χ4v) is 4.97. The van der Waals surface area contributed by atoms with Gasteiger partial charge in [0.1, 0.15) is 0 Å². The number of sulfonamides is 1. The van der Waals surface area contributed by atoms with Gasteiger partial charge in [-0.25, -0.2) is 13.2 Å². The third-order valence-corrected chi connectivity index (χ3v) is 7.14. The summed E-state index contributed by atoms with van der Waals surface area (Å²) in [4.78, 5) is 26.1. The number of nitrogens with one attached hydrogen (secondary N) is 2. The lowest BCUT2D eigenvalue weighted by atomic mass is 10.2. The Balaban J connectivity index is 1.69. The van der Waals surface area contributed by atoms with E-state index in [-0.39, 0.29) is 53.1 Å². The molecule has 0 bridgehead atoms. The number of halogens is 1. The Morgan fingerprint density at radius 2 is 1.97 bits per heavy atom. The minimum atomic E-state index is -3.71. The van der Waals surface area contributed by atoms with Crippen LogP contribution in [-0.4, -0.2) is 74.5 Å². The van der Waals surface area contributed by atoms with Gasteiger partial charge in [-0.05, 0) is 32.0 Å². The Bertz CT molecular complexity index is 886. The van der Waals surface area contributed by atoms with Crippen molar-refractivity contribution in [2.24, 2.45) is 0 Å². The van der Waals surface area contributed by atoms with E-state index < -0.39 is 16.1 Å². The maximum Gasteiger partial charge on any atom is 0.319 e. The molecule has 29 heavy (non-hydrogen) atoms. The predicted octanol–water partition coefficient (Wildman–Crippen LogP) is 1.49. The van der Waals surface area contributed by atoms with Crippen LogP contribution in [0.4, 0.5) is 10.5 Å². The largest absolute Gasteiger partial charge is 0.379 e. The van der Waals surface area contributed by atoms with E-state index in [0.717, 1.165) is 0 Å². The van der Waals surface area contributed by atoms with Gasteiger partial charge in [0.15, 0.2) is 0 Å². The van der Waals surface area contributed by atoms with Crippen LogP contribution in [0.25, 0.3) is 0 Å². The Hall–Kier alpha value is -1.88. The Labute approximate surface area is 175 Å². The maximum atomic E-state index is 12.8. The van der Waals surface area contributed by atoms with Gasteiger partial charge in [0, 0.05) is 32.1 Å². The molecule has 2 aliphatic heterocycles. The average Bonchev–Trinajstić information content (AvgIpc) is 3.04. The summed E-state index contributed by atoms with van der Waals surface area (Å²) in [5.41, 5.74) is 0.184. The zero-order valence-corrected chi connectivity index (χ0v) is 17.9. The second-order valence-corrected chi connectivity index (χ2v) is 9.64. The first-order valence-electron chi connectivity index (χ1n) is 9.43. The van der Waals surface area contributed by atoms with Gasteiger partial charge >= 0.3 is 6.03 Å². The molecule has 3 rings (SSSR count). The number of morpholine rings is 1. The first kappa shape index (κ1) is 21.8. The molecule has 0 aromatic heterocycles. The van der Waals surface area contributed by atoms with Gasteiger partial charge in [-0.1, -0.05) is 11.6 Å². The first-order chi connectivity index (χ1) is 13.7. The molecule has 1 aromatic rings. The van der Waals surface area contributed by atoms with E-state index in [1.807, 2.05) is 13.8 Å². The van der Waals surface area contributed by atoms with Crippen LogP contribution in [0.3, 0.4) is 0 Å². The van der Waals surface area contributed by atoms with Crippen LogP contribution in [0, 0.1) is 0 Å². The van der Waals surface area contributed by atoms with Crippen LogP contribution in [-0.2, 0) is 19.6 Å². The summed E-state index contributed by atoms with van der Waals surface area (Å²) in [5, 5.41) is 5.55. The number of likely N-dealkylation sites (tertiary alicyclic amines) is 1. The van der Waals surface area contributed by atoms with Crippen molar-refractivity contribution in [1.82, 2.24) is 14.5 Å². The highest BCUT2D eigenvalue weighted by atomic mass is 35.5. The number of hydrogen-bond donors (Lipinski definition) is 2. The summed E-state index contributed by atoms with van der Waals surface area (Å²) in [6.45, 7) is 5.50. The molecule has 2 saturated heterocycles. The fraction of sp³-hybridized carbons (Fsp3) is 0.556. The van der Waals surface area contributed by atoms with E-state index in [1.54, 1.807) is 4.90 Å². The molecule has 0 spiro atoms. The van der Waals surface area contributed by atoms with E-state index in [2.05, 4.69) is 10.6 Å². The molecule has 2 heterocycles. The number of carbonyl (C=O) groups is 2. The number of urea groups is 1.